The minimum Gasteiger partial charge on any atom is -0.308 e. The van der Waals surface area contributed by atoms with E-state index < -0.39 is 0 Å². The molecule has 7 nitrogen and oxygen atoms in total. The lowest BCUT2D eigenvalue weighted by Gasteiger charge is -2.18. The zero-order valence-electron chi connectivity index (χ0n) is 38.6. The highest BCUT2D eigenvalue weighted by molar-refractivity contribution is 6.12. The van der Waals surface area contributed by atoms with Crippen LogP contribution < -0.4 is 0 Å². The molecule has 13 aromatic rings. The van der Waals surface area contributed by atoms with Gasteiger partial charge >= 0.3 is 0 Å². The van der Waals surface area contributed by atoms with Gasteiger partial charge in [-0.15, -0.1) is 0 Å². The lowest BCUT2D eigenvalue weighted by molar-refractivity contribution is 1.06. The van der Waals surface area contributed by atoms with E-state index in [0.29, 0.717) is 34.2 Å². The molecule has 7 heteroatoms. The predicted molar refractivity (Wildman–Crippen MR) is 291 cm³/mol. The Labute approximate surface area is 415 Å². The maximum Gasteiger partial charge on any atom is 0.166 e. The summed E-state index contributed by atoms with van der Waals surface area (Å²) >= 11 is 0. The van der Waals surface area contributed by atoms with Crippen LogP contribution in [-0.2, 0) is 0 Å². The van der Waals surface area contributed by atoms with Crippen molar-refractivity contribution in [3.8, 4) is 91.1 Å². The van der Waals surface area contributed by atoms with Gasteiger partial charge in [0.1, 0.15) is 0 Å². The van der Waals surface area contributed by atoms with Crippen LogP contribution in [0, 0.1) is 22.7 Å². The van der Waals surface area contributed by atoms with Crippen molar-refractivity contribution in [2.75, 3.05) is 0 Å². The second kappa shape index (κ2) is 17.4. The van der Waals surface area contributed by atoms with Gasteiger partial charge in [0, 0.05) is 38.2 Å². The standard InChI is InChI=1S/C65H39N7/c66-40-42-24-27-46(28-25-42)50-29-32-53(62(39-50)72-58-23-13-11-21-52(58)55-38-49(31-35-60(55)72)45-16-6-2-7-17-45)64-68-63(47-18-8-3-9-19-47)69-65(70-64)56-36-43(41-67)26-33-61(56)71-57-22-12-10-20-51(57)54-37-48(30-34-59(54)71)44-14-4-1-5-15-44/h1-39H. The van der Waals surface area contributed by atoms with E-state index >= 15 is 0 Å². The van der Waals surface area contributed by atoms with Gasteiger partial charge in [-0.25, -0.2) is 15.0 Å². The van der Waals surface area contributed by atoms with Crippen molar-refractivity contribution < 1.29 is 0 Å². The van der Waals surface area contributed by atoms with Gasteiger partial charge in [-0.05, 0) is 112 Å². The molecule has 72 heavy (non-hydrogen) atoms. The van der Waals surface area contributed by atoms with Crippen LogP contribution in [0.2, 0.25) is 0 Å². The molecule has 334 valence electrons. The summed E-state index contributed by atoms with van der Waals surface area (Å²) in [6.07, 6.45) is 0. The fraction of sp³-hybridized carbons (Fsp3) is 0. The van der Waals surface area contributed by atoms with E-state index in [-0.39, 0.29) is 0 Å². The van der Waals surface area contributed by atoms with Gasteiger partial charge < -0.3 is 9.13 Å². The van der Waals surface area contributed by atoms with Crippen LogP contribution in [0.1, 0.15) is 11.1 Å². The number of para-hydroxylation sites is 2. The fourth-order valence-electron chi connectivity index (χ4n) is 10.2. The van der Waals surface area contributed by atoms with Gasteiger partial charge in [0.2, 0.25) is 0 Å². The topological polar surface area (TPSA) is 96.1 Å². The van der Waals surface area contributed by atoms with Gasteiger partial charge in [-0.3, -0.25) is 0 Å². The minimum absolute atomic E-state index is 0.426. The molecule has 0 radical (unpaired) electrons. The van der Waals surface area contributed by atoms with Gasteiger partial charge in [0.15, 0.2) is 17.5 Å². The molecule has 3 aromatic heterocycles. The second-order valence-corrected chi connectivity index (χ2v) is 17.8. The minimum atomic E-state index is 0.426. The summed E-state index contributed by atoms with van der Waals surface area (Å²) < 4.78 is 4.58. The van der Waals surface area contributed by atoms with Gasteiger partial charge in [0.25, 0.3) is 0 Å². The van der Waals surface area contributed by atoms with E-state index in [1.807, 2.05) is 84.9 Å². The molecule has 0 N–H and O–H groups in total. The number of hydrogen-bond donors (Lipinski definition) is 0. The van der Waals surface area contributed by atoms with Gasteiger partial charge in [-0.2, -0.15) is 10.5 Å². The Hall–Kier alpha value is -10.2. The monoisotopic (exact) mass is 917 g/mol. The normalized spacial score (nSPS) is 11.3. The zero-order chi connectivity index (χ0) is 48.1. The summed E-state index contributed by atoms with van der Waals surface area (Å²) in [6.45, 7) is 0. The molecule has 0 aliphatic heterocycles. The molecule has 0 aliphatic carbocycles. The Balaban J connectivity index is 1.08. The van der Waals surface area contributed by atoms with Crippen molar-refractivity contribution in [2.45, 2.75) is 0 Å². The van der Waals surface area contributed by atoms with Gasteiger partial charge in [-0.1, -0.05) is 158 Å². The Morgan fingerprint density at radius 2 is 0.694 bits per heavy atom. The van der Waals surface area contributed by atoms with Crippen LogP contribution >= 0.6 is 0 Å². The molecule has 0 bridgehead atoms. The Morgan fingerprint density at radius 3 is 1.26 bits per heavy atom. The molecule has 3 heterocycles. The summed E-state index contributed by atoms with van der Waals surface area (Å²) in [5, 5.41) is 24.6. The molecule has 0 saturated heterocycles. The zero-order valence-corrected chi connectivity index (χ0v) is 38.6. The third kappa shape index (κ3) is 7.17. The fourth-order valence-corrected chi connectivity index (χ4v) is 10.2. The summed E-state index contributed by atoms with van der Waals surface area (Å²) in [4.78, 5) is 16.1. The first-order chi connectivity index (χ1) is 35.6. The van der Waals surface area contributed by atoms with Crippen LogP contribution in [0.5, 0.6) is 0 Å². The number of aromatic nitrogens is 5. The average Bonchev–Trinajstić information content (AvgIpc) is 3.97. The second-order valence-electron chi connectivity index (χ2n) is 17.8. The maximum absolute atomic E-state index is 10.5. The highest BCUT2D eigenvalue weighted by Gasteiger charge is 2.24. The maximum atomic E-state index is 10.5. The van der Waals surface area contributed by atoms with Crippen molar-refractivity contribution in [3.63, 3.8) is 0 Å². The summed E-state index contributed by atoms with van der Waals surface area (Å²) in [7, 11) is 0. The molecule has 0 atom stereocenters. The highest BCUT2D eigenvalue weighted by atomic mass is 15.1. The van der Waals surface area contributed by atoms with Crippen LogP contribution in [0.4, 0.5) is 0 Å². The molecule has 0 fully saturated rings. The SMILES string of the molecule is N#Cc1ccc(-c2ccc(-c3nc(-c4ccccc4)nc(-c4cc(C#N)ccc4-n4c5ccccc5c5cc(-c6ccccc6)ccc54)n3)c(-n3c4ccccc4c4cc(-c5ccccc5)ccc43)c2)cc1. The van der Waals surface area contributed by atoms with Crippen LogP contribution in [-0.4, -0.2) is 24.1 Å². The molecule has 10 aromatic carbocycles. The van der Waals surface area contributed by atoms with E-state index in [1.165, 1.54) is 0 Å². The van der Waals surface area contributed by atoms with Crippen molar-refractivity contribution >= 4 is 43.6 Å². The van der Waals surface area contributed by atoms with E-state index in [1.54, 1.807) is 0 Å². The number of nitriles is 2. The first kappa shape index (κ1) is 41.9. The average molecular weight is 918 g/mol. The quantitative estimate of drug-likeness (QED) is 0.151. The van der Waals surface area contributed by atoms with E-state index in [2.05, 4.69) is 173 Å². The van der Waals surface area contributed by atoms with E-state index in [4.69, 9.17) is 15.0 Å². The predicted octanol–water partition coefficient (Wildman–Crippen LogP) is 15.8. The third-order valence-electron chi connectivity index (χ3n) is 13.7. The van der Waals surface area contributed by atoms with Gasteiger partial charge in [0.05, 0.1) is 56.7 Å². The Morgan fingerprint density at radius 1 is 0.278 bits per heavy atom. The molecule has 0 saturated carbocycles. The largest absolute Gasteiger partial charge is 0.308 e. The number of benzene rings is 10. The van der Waals surface area contributed by atoms with Crippen molar-refractivity contribution in [1.82, 2.24) is 24.1 Å². The number of nitrogens with zero attached hydrogens (tertiary/aromatic N) is 7. The number of hydrogen-bond acceptors (Lipinski definition) is 5. The number of rotatable bonds is 8. The summed E-state index contributed by atoms with van der Waals surface area (Å²) in [5.74, 6) is 1.39. The Kier molecular flexibility index (Phi) is 10.1. The number of fused-ring (bicyclic) bond motifs is 6. The van der Waals surface area contributed by atoms with E-state index in [0.717, 1.165) is 99.5 Å². The van der Waals surface area contributed by atoms with Crippen molar-refractivity contribution in [3.05, 3.63) is 248 Å². The molecule has 0 unspecified atom stereocenters. The summed E-state index contributed by atoms with van der Waals surface area (Å²) in [6, 6.07) is 85.7. The lowest BCUT2D eigenvalue weighted by Crippen LogP contribution is -2.06. The smallest absolute Gasteiger partial charge is 0.166 e. The highest BCUT2D eigenvalue weighted by Crippen LogP contribution is 2.42. The van der Waals surface area contributed by atoms with Crippen molar-refractivity contribution in [2.24, 2.45) is 0 Å². The molecule has 0 aliphatic rings. The molecular formula is C65H39N7. The lowest BCUT2D eigenvalue weighted by atomic mass is 10.00. The van der Waals surface area contributed by atoms with Crippen LogP contribution in [0.15, 0.2) is 237 Å². The van der Waals surface area contributed by atoms with E-state index in [9.17, 15) is 10.5 Å². The molecule has 0 spiro atoms. The first-order valence-corrected chi connectivity index (χ1v) is 23.8. The van der Waals surface area contributed by atoms with Crippen molar-refractivity contribution in [1.29, 1.82) is 10.5 Å². The summed E-state index contributed by atoms with van der Waals surface area (Å²) in [5.41, 5.74) is 15.6. The first-order valence-electron chi connectivity index (χ1n) is 23.8. The molecule has 0 amide bonds. The third-order valence-corrected chi connectivity index (χ3v) is 13.7. The Bertz CT molecular complexity index is 4330. The molecular weight excluding hydrogens is 879 g/mol. The van der Waals surface area contributed by atoms with Crippen LogP contribution in [0.3, 0.4) is 0 Å². The van der Waals surface area contributed by atoms with Crippen LogP contribution in [0.25, 0.3) is 123 Å². The molecule has 13 rings (SSSR count).